The molecule has 92 valence electrons. The van der Waals surface area contributed by atoms with Crippen molar-refractivity contribution in [3.8, 4) is 0 Å². The molecule has 4 heteroatoms. The molecule has 2 rings (SSSR count). The zero-order valence-electron chi connectivity index (χ0n) is 10.3. The normalized spacial score (nSPS) is 20.0. The highest BCUT2D eigenvalue weighted by atomic mass is 79.9. The molecular formula is C13H17BrN2O. The summed E-state index contributed by atoms with van der Waals surface area (Å²) in [5.74, 6) is 0.0641. The number of carbonyl (C=O) groups excluding carboxylic acids is 1. The van der Waals surface area contributed by atoms with Gasteiger partial charge in [-0.15, -0.1) is 0 Å². The van der Waals surface area contributed by atoms with E-state index in [0.717, 1.165) is 15.8 Å². The van der Waals surface area contributed by atoms with Crippen molar-refractivity contribution in [3.63, 3.8) is 0 Å². The van der Waals surface area contributed by atoms with Gasteiger partial charge < -0.3 is 10.6 Å². The standard InChI is InChI=1S/C13H17BrN2O/c1-13(2,3)11-7-12(17)16-10-6-8(14)4-5-9(10)15-11/h4-6,11,15H,7H2,1-3H3,(H,16,17). The van der Waals surface area contributed by atoms with E-state index >= 15 is 0 Å². The first-order chi connectivity index (χ1) is 7.86. The number of benzene rings is 1. The van der Waals surface area contributed by atoms with E-state index in [4.69, 9.17) is 0 Å². The lowest BCUT2D eigenvalue weighted by Gasteiger charge is -2.30. The zero-order valence-corrected chi connectivity index (χ0v) is 11.9. The lowest BCUT2D eigenvalue weighted by atomic mass is 9.84. The fourth-order valence-electron chi connectivity index (χ4n) is 1.89. The van der Waals surface area contributed by atoms with Gasteiger partial charge in [0.15, 0.2) is 0 Å². The topological polar surface area (TPSA) is 41.1 Å². The molecule has 2 N–H and O–H groups in total. The van der Waals surface area contributed by atoms with E-state index in [1.807, 2.05) is 18.2 Å². The summed E-state index contributed by atoms with van der Waals surface area (Å²) in [6.45, 7) is 6.42. The molecule has 1 aromatic rings. The molecule has 0 saturated heterocycles. The molecule has 1 aliphatic rings. The second-order valence-electron chi connectivity index (χ2n) is 5.51. The lowest BCUT2D eigenvalue weighted by molar-refractivity contribution is -0.116. The van der Waals surface area contributed by atoms with Gasteiger partial charge >= 0.3 is 0 Å². The Morgan fingerprint density at radius 3 is 2.65 bits per heavy atom. The smallest absolute Gasteiger partial charge is 0.226 e. The summed E-state index contributed by atoms with van der Waals surface area (Å²) in [6, 6.07) is 6.03. The van der Waals surface area contributed by atoms with Crippen LogP contribution >= 0.6 is 15.9 Å². The third kappa shape index (κ3) is 2.80. The SMILES string of the molecule is CC(C)(C)C1CC(=O)Nc2cc(Br)ccc2N1. The Morgan fingerprint density at radius 1 is 1.29 bits per heavy atom. The van der Waals surface area contributed by atoms with Crippen LogP contribution in [0.3, 0.4) is 0 Å². The summed E-state index contributed by atoms with van der Waals surface area (Å²) in [7, 11) is 0. The van der Waals surface area contributed by atoms with Crippen molar-refractivity contribution in [2.75, 3.05) is 10.6 Å². The van der Waals surface area contributed by atoms with Crippen LogP contribution in [-0.4, -0.2) is 11.9 Å². The highest BCUT2D eigenvalue weighted by molar-refractivity contribution is 9.10. The predicted octanol–water partition coefficient (Wildman–Crippen LogP) is 3.62. The molecule has 1 atom stereocenters. The summed E-state index contributed by atoms with van der Waals surface area (Å²) in [5.41, 5.74) is 1.88. The van der Waals surface area contributed by atoms with Crippen molar-refractivity contribution in [2.24, 2.45) is 5.41 Å². The number of rotatable bonds is 0. The van der Waals surface area contributed by atoms with Gasteiger partial charge in [-0.05, 0) is 23.6 Å². The van der Waals surface area contributed by atoms with Gasteiger partial charge in [-0.2, -0.15) is 0 Å². The number of hydrogen-bond acceptors (Lipinski definition) is 2. The molecule has 0 fully saturated rings. The van der Waals surface area contributed by atoms with Gasteiger partial charge in [0.1, 0.15) is 0 Å². The molecule has 1 unspecified atom stereocenters. The maximum absolute atomic E-state index is 11.8. The molecule has 3 nitrogen and oxygen atoms in total. The average Bonchev–Trinajstić information content (AvgIpc) is 2.34. The van der Waals surface area contributed by atoms with Crippen LogP contribution < -0.4 is 10.6 Å². The lowest BCUT2D eigenvalue weighted by Crippen LogP contribution is -2.35. The third-order valence-corrected chi connectivity index (χ3v) is 3.51. The molecule has 0 saturated carbocycles. The molecule has 0 aliphatic carbocycles. The minimum atomic E-state index is 0.0476. The van der Waals surface area contributed by atoms with Crippen molar-refractivity contribution in [1.29, 1.82) is 0 Å². The van der Waals surface area contributed by atoms with Crippen LogP contribution in [0.25, 0.3) is 0 Å². The summed E-state index contributed by atoms with van der Waals surface area (Å²) in [6.07, 6.45) is 0.496. The number of anilines is 2. The molecule has 0 aromatic heterocycles. The molecular weight excluding hydrogens is 280 g/mol. The second kappa shape index (κ2) is 4.33. The molecule has 1 amide bonds. The Bertz CT molecular complexity index is 451. The average molecular weight is 297 g/mol. The minimum absolute atomic E-state index is 0.0476. The number of fused-ring (bicyclic) bond motifs is 1. The van der Waals surface area contributed by atoms with E-state index in [1.54, 1.807) is 0 Å². The van der Waals surface area contributed by atoms with Gasteiger partial charge in [-0.1, -0.05) is 36.7 Å². The summed E-state index contributed by atoms with van der Waals surface area (Å²) >= 11 is 3.41. The first-order valence-corrected chi connectivity index (χ1v) is 6.51. The molecule has 0 bridgehead atoms. The molecule has 1 aromatic carbocycles. The monoisotopic (exact) mass is 296 g/mol. The Morgan fingerprint density at radius 2 is 2.00 bits per heavy atom. The number of halogens is 1. The summed E-state index contributed by atoms with van der Waals surface area (Å²) < 4.78 is 0.965. The first-order valence-electron chi connectivity index (χ1n) is 5.72. The summed E-state index contributed by atoms with van der Waals surface area (Å²) in [5, 5.41) is 6.39. The fourth-order valence-corrected chi connectivity index (χ4v) is 2.25. The predicted molar refractivity (Wildman–Crippen MR) is 74.3 cm³/mol. The van der Waals surface area contributed by atoms with Gasteiger partial charge in [0.05, 0.1) is 11.4 Å². The van der Waals surface area contributed by atoms with Crippen molar-refractivity contribution >= 4 is 33.2 Å². The highest BCUT2D eigenvalue weighted by Crippen LogP contribution is 2.33. The molecule has 17 heavy (non-hydrogen) atoms. The Balaban J connectivity index is 2.37. The van der Waals surface area contributed by atoms with Gasteiger partial charge in [-0.25, -0.2) is 0 Å². The third-order valence-electron chi connectivity index (χ3n) is 3.02. The van der Waals surface area contributed by atoms with Gasteiger partial charge in [0, 0.05) is 16.9 Å². The van der Waals surface area contributed by atoms with Gasteiger partial charge in [0.25, 0.3) is 0 Å². The molecule has 1 aliphatic heterocycles. The van der Waals surface area contributed by atoms with E-state index < -0.39 is 0 Å². The maximum Gasteiger partial charge on any atom is 0.226 e. The number of amides is 1. The van der Waals surface area contributed by atoms with Gasteiger partial charge in [0.2, 0.25) is 5.91 Å². The van der Waals surface area contributed by atoms with E-state index in [9.17, 15) is 4.79 Å². The van der Waals surface area contributed by atoms with Crippen LogP contribution in [0.5, 0.6) is 0 Å². The van der Waals surface area contributed by atoms with E-state index in [1.165, 1.54) is 0 Å². The number of nitrogens with one attached hydrogen (secondary N) is 2. The van der Waals surface area contributed by atoms with Crippen molar-refractivity contribution in [2.45, 2.75) is 33.2 Å². The Kier molecular flexibility index (Phi) is 3.17. The Labute approximate surface area is 110 Å². The van der Waals surface area contributed by atoms with Gasteiger partial charge in [-0.3, -0.25) is 4.79 Å². The number of hydrogen-bond donors (Lipinski definition) is 2. The molecule has 0 radical (unpaired) electrons. The number of carbonyl (C=O) groups is 1. The second-order valence-corrected chi connectivity index (χ2v) is 6.42. The van der Waals surface area contributed by atoms with Crippen LogP contribution in [0.15, 0.2) is 22.7 Å². The van der Waals surface area contributed by atoms with Crippen LogP contribution in [0.4, 0.5) is 11.4 Å². The molecule has 1 heterocycles. The fraction of sp³-hybridized carbons (Fsp3) is 0.462. The van der Waals surface area contributed by atoms with Crippen molar-refractivity contribution < 1.29 is 4.79 Å². The van der Waals surface area contributed by atoms with E-state index in [-0.39, 0.29) is 17.4 Å². The minimum Gasteiger partial charge on any atom is -0.380 e. The largest absolute Gasteiger partial charge is 0.380 e. The molecule has 0 spiro atoms. The quantitative estimate of drug-likeness (QED) is 0.768. The van der Waals surface area contributed by atoms with E-state index in [2.05, 4.69) is 47.3 Å². The highest BCUT2D eigenvalue weighted by Gasteiger charge is 2.29. The zero-order chi connectivity index (χ0) is 12.6. The van der Waals surface area contributed by atoms with E-state index in [0.29, 0.717) is 6.42 Å². The van der Waals surface area contributed by atoms with Crippen LogP contribution in [0.1, 0.15) is 27.2 Å². The first kappa shape index (κ1) is 12.4. The van der Waals surface area contributed by atoms with Crippen LogP contribution in [0, 0.1) is 5.41 Å². The van der Waals surface area contributed by atoms with Crippen LogP contribution in [-0.2, 0) is 4.79 Å². The van der Waals surface area contributed by atoms with Crippen molar-refractivity contribution in [1.82, 2.24) is 0 Å². The summed E-state index contributed by atoms with van der Waals surface area (Å²) in [4.78, 5) is 11.8. The van der Waals surface area contributed by atoms with Crippen LogP contribution in [0.2, 0.25) is 0 Å². The maximum atomic E-state index is 11.8. The Hall–Kier alpha value is -1.03. The van der Waals surface area contributed by atoms with Crippen molar-refractivity contribution in [3.05, 3.63) is 22.7 Å².